The Kier molecular flexibility index (Phi) is 9.03. The van der Waals surface area contributed by atoms with E-state index in [0.717, 1.165) is 51.3 Å². The van der Waals surface area contributed by atoms with Gasteiger partial charge in [0.1, 0.15) is 11.8 Å². The molecule has 4 rings (SSSR count). The predicted octanol–water partition coefficient (Wildman–Crippen LogP) is 2.62. The van der Waals surface area contributed by atoms with Crippen molar-refractivity contribution in [2.75, 3.05) is 57.1 Å². The van der Waals surface area contributed by atoms with E-state index in [2.05, 4.69) is 61.7 Å². The Hall–Kier alpha value is -4.00. The van der Waals surface area contributed by atoms with E-state index in [1.165, 1.54) is 23.6 Å². The Labute approximate surface area is 218 Å². The molecule has 2 aromatic carbocycles. The first-order chi connectivity index (χ1) is 18.0. The SMILES string of the molecule is COc1cc(CCNCc2ccc(N3CCN(C)CC3)cc2)ccc1NC(=O)Cc1cnc(C#N)cn1. The fourth-order valence-corrected chi connectivity index (χ4v) is 4.21. The minimum Gasteiger partial charge on any atom is -0.495 e. The van der Waals surface area contributed by atoms with Gasteiger partial charge in [0, 0.05) is 38.4 Å². The zero-order valence-electron chi connectivity index (χ0n) is 21.4. The van der Waals surface area contributed by atoms with Gasteiger partial charge in [0.05, 0.1) is 37.3 Å². The highest BCUT2D eigenvalue weighted by Crippen LogP contribution is 2.26. The summed E-state index contributed by atoms with van der Waals surface area (Å²) >= 11 is 0. The molecule has 0 aliphatic carbocycles. The largest absolute Gasteiger partial charge is 0.495 e. The zero-order valence-corrected chi connectivity index (χ0v) is 21.4. The van der Waals surface area contributed by atoms with E-state index in [-0.39, 0.29) is 18.0 Å². The van der Waals surface area contributed by atoms with E-state index in [1.54, 1.807) is 7.11 Å². The molecule has 1 saturated heterocycles. The van der Waals surface area contributed by atoms with Gasteiger partial charge in [-0.25, -0.2) is 4.98 Å². The van der Waals surface area contributed by atoms with E-state index < -0.39 is 0 Å². The molecule has 2 heterocycles. The lowest BCUT2D eigenvalue weighted by Crippen LogP contribution is -2.44. The van der Waals surface area contributed by atoms with Gasteiger partial charge in [0.15, 0.2) is 5.69 Å². The van der Waals surface area contributed by atoms with Gasteiger partial charge in [0.25, 0.3) is 0 Å². The van der Waals surface area contributed by atoms with Crippen molar-refractivity contribution in [3.8, 4) is 11.8 Å². The first kappa shape index (κ1) is 26.1. The molecule has 2 N–H and O–H groups in total. The second-order valence-corrected chi connectivity index (χ2v) is 9.15. The summed E-state index contributed by atoms with van der Waals surface area (Å²) in [6, 6.07) is 16.5. The fraction of sp³-hybridized carbons (Fsp3) is 0.357. The van der Waals surface area contributed by atoms with Gasteiger partial charge in [0.2, 0.25) is 5.91 Å². The van der Waals surface area contributed by atoms with Gasteiger partial charge in [-0.2, -0.15) is 5.26 Å². The van der Waals surface area contributed by atoms with Crippen LogP contribution in [-0.2, 0) is 24.2 Å². The maximum Gasteiger partial charge on any atom is 0.230 e. The predicted molar refractivity (Wildman–Crippen MR) is 144 cm³/mol. The lowest BCUT2D eigenvalue weighted by molar-refractivity contribution is -0.115. The number of hydrogen-bond acceptors (Lipinski definition) is 8. The van der Waals surface area contributed by atoms with Crippen LogP contribution in [0.3, 0.4) is 0 Å². The Morgan fingerprint density at radius 2 is 1.81 bits per heavy atom. The lowest BCUT2D eigenvalue weighted by Gasteiger charge is -2.34. The lowest BCUT2D eigenvalue weighted by atomic mass is 10.1. The number of nitrogens with one attached hydrogen (secondary N) is 2. The Balaban J connectivity index is 1.23. The third kappa shape index (κ3) is 7.49. The molecule has 0 unspecified atom stereocenters. The van der Waals surface area contributed by atoms with E-state index in [4.69, 9.17) is 10.00 Å². The minimum atomic E-state index is -0.231. The van der Waals surface area contributed by atoms with Crippen LogP contribution in [0.2, 0.25) is 0 Å². The number of nitriles is 1. The molecule has 0 spiro atoms. The number of methoxy groups -OCH3 is 1. The first-order valence-electron chi connectivity index (χ1n) is 12.4. The molecule has 9 nitrogen and oxygen atoms in total. The number of nitrogens with zero attached hydrogens (tertiary/aromatic N) is 5. The second-order valence-electron chi connectivity index (χ2n) is 9.15. The summed E-state index contributed by atoms with van der Waals surface area (Å²) in [4.78, 5) is 25.3. The summed E-state index contributed by atoms with van der Waals surface area (Å²) in [5, 5.41) is 15.2. The number of ether oxygens (including phenoxy) is 1. The van der Waals surface area contributed by atoms with Crippen LogP contribution in [0, 0.1) is 11.3 Å². The van der Waals surface area contributed by atoms with Crippen molar-refractivity contribution in [1.82, 2.24) is 20.2 Å². The van der Waals surface area contributed by atoms with Crippen molar-refractivity contribution in [1.29, 1.82) is 5.26 Å². The zero-order chi connectivity index (χ0) is 26.0. The summed E-state index contributed by atoms with van der Waals surface area (Å²) < 4.78 is 5.50. The van der Waals surface area contributed by atoms with Crippen molar-refractivity contribution < 1.29 is 9.53 Å². The number of anilines is 2. The van der Waals surface area contributed by atoms with Crippen LogP contribution in [0.4, 0.5) is 11.4 Å². The van der Waals surface area contributed by atoms with Crippen molar-refractivity contribution in [3.05, 3.63) is 77.4 Å². The van der Waals surface area contributed by atoms with Crippen LogP contribution in [0.25, 0.3) is 0 Å². The first-order valence-corrected chi connectivity index (χ1v) is 12.4. The molecule has 3 aromatic rings. The van der Waals surface area contributed by atoms with Crippen LogP contribution in [-0.4, -0.2) is 67.7 Å². The van der Waals surface area contributed by atoms with Gasteiger partial charge in [-0.05, 0) is 55.4 Å². The van der Waals surface area contributed by atoms with Crippen LogP contribution >= 0.6 is 0 Å². The summed E-state index contributed by atoms with van der Waals surface area (Å²) in [5.41, 5.74) is 4.99. The minimum absolute atomic E-state index is 0.0594. The third-order valence-electron chi connectivity index (χ3n) is 6.43. The molecule has 1 amide bonds. The highest BCUT2D eigenvalue weighted by atomic mass is 16.5. The molecule has 0 radical (unpaired) electrons. The van der Waals surface area contributed by atoms with Crippen molar-refractivity contribution in [3.63, 3.8) is 0 Å². The Morgan fingerprint density at radius 1 is 1.05 bits per heavy atom. The normalized spacial score (nSPS) is 13.7. The molecule has 37 heavy (non-hydrogen) atoms. The highest BCUT2D eigenvalue weighted by Gasteiger charge is 2.14. The standard InChI is InChI=1S/C28H33N7O2/c1-34-11-13-35(14-12-34)25-6-3-22(4-7-25)18-30-10-9-21-5-8-26(27(15-21)37-2)33-28(36)16-23-19-32-24(17-29)20-31-23/h3-8,15,19-20,30H,9-14,16,18H2,1-2H3,(H,33,36). The Bertz CT molecular complexity index is 1210. The molecule has 192 valence electrons. The highest BCUT2D eigenvalue weighted by molar-refractivity contribution is 5.93. The number of benzene rings is 2. The molecule has 1 aromatic heterocycles. The maximum atomic E-state index is 12.4. The van der Waals surface area contributed by atoms with Gasteiger partial charge in [-0.3, -0.25) is 9.78 Å². The van der Waals surface area contributed by atoms with Gasteiger partial charge < -0.3 is 25.2 Å². The van der Waals surface area contributed by atoms with E-state index >= 15 is 0 Å². The smallest absolute Gasteiger partial charge is 0.230 e. The Morgan fingerprint density at radius 3 is 2.49 bits per heavy atom. The molecular weight excluding hydrogens is 466 g/mol. The number of carbonyl (C=O) groups is 1. The fourth-order valence-electron chi connectivity index (χ4n) is 4.21. The van der Waals surface area contributed by atoms with E-state index in [1.807, 2.05) is 24.3 Å². The molecule has 0 bridgehead atoms. The molecular formula is C28H33N7O2. The van der Waals surface area contributed by atoms with Gasteiger partial charge in [-0.15, -0.1) is 0 Å². The van der Waals surface area contributed by atoms with Crippen LogP contribution < -0.4 is 20.3 Å². The number of piperazine rings is 1. The third-order valence-corrected chi connectivity index (χ3v) is 6.43. The molecule has 0 atom stereocenters. The second kappa shape index (κ2) is 12.8. The number of carbonyl (C=O) groups excluding carboxylic acids is 1. The summed E-state index contributed by atoms with van der Waals surface area (Å²) in [5.74, 6) is 0.377. The molecule has 0 saturated carbocycles. The van der Waals surface area contributed by atoms with E-state index in [0.29, 0.717) is 17.1 Å². The average molecular weight is 500 g/mol. The topological polar surface area (TPSA) is 106 Å². The van der Waals surface area contributed by atoms with Gasteiger partial charge in [-0.1, -0.05) is 18.2 Å². The molecule has 1 aliphatic heterocycles. The van der Waals surface area contributed by atoms with Crippen molar-refractivity contribution in [2.24, 2.45) is 0 Å². The molecule has 1 aliphatic rings. The summed E-state index contributed by atoms with van der Waals surface area (Å²) in [6.07, 6.45) is 3.69. The van der Waals surface area contributed by atoms with Crippen molar-refractivity contribution in [2.45, 2.75) is 19.4 Å². The van der Waals surface area contributed by atoms with Crippen LogP contribution in [0.5, 0.6) is 5.75 Å². The number of amides is 1. The average Bonchev–Trinajstić information content (AvgIpc) is 2.93. The summed E-state index contributed by atoms with van der Waals surface area (Å²) in [7, 11) is 3.76. The van der Waals surface area contributed by atoms with Crippen LogP contribution in [0.1, 0.15) is 22.5 Å². The van der Waals surface area contributed by atoms with Gasteiger partial charge >= 0.3 is 0 Å². The molecule has 9 heteroatoms. The van der Waals surface area contributed by atoms with Crippen LogP contribution in [0.15, 0.2) is 54.9 Å². The maximum absolute atomic E-state index is 12.4. The quantitative estimate of drug-likeness (QED) is 0.410. The van der Waals surface area contributed by atoms with E-state index in [9.17, 15) is 4.79 Å². The number of likely N-dealkylation sites (N-methyl/N-ethyl adjacent to an activating group) is 1. The number of hydrogen-bond donors (Lipinski definition) is 2. The number of rotatable bonds is 10. The molecule has 1 fully saturated rings. The van der Waals surface area contributed by atoms with Crippen molar-refractivity contribution >= 4 is 17.3 Å². The monoisotopic (exact) mass is 499 g/mol. The number of aromatic nitrogens is 2. The summed E-state index contributed by atoms with van der Waals surface area (Å²) in [6.45, 7) is 6.00.